The lowest BCUT2D eigenvalue weighted by Gasteiger charge is -2.16. The van der Waals surface area contributed by atoms with Gasteiger partial charge in [-0.2, -0.15) is 26.3 Å². The smallest absolute Gasteiger partial charge is 0.416 e. The Labute approximate surface area is 384 Å². The van der Waals surface area contributed by atoms with Crippen molar-refractivity contribution in [3.05, 3.63) is 170 Å². The van der Waals surface area contributed by atoms with E-state index in [1.165, 1.54) is 55.0 Å². The van der Waals surface area contributed by atoms with E-state index >= 15 is 0 Å². The molecule has 4 aromatic carbocycles. The van der Waals surface area contributed by atoms with Crippen LogP contribution in [0.4, 0.5) is 45.6 Å². The number of carbonyl (C=O) groups excluding carboxylic acids is 4. The number of ketones is 1. The van der Waals surface area contributed by atoms with Gasteiger partial charge in [-0.05, 0) is 110 Å². The molecule has 348 valence electrons. The number of aryl methyl sites for hydroxylation is 2. The second-order valence-electron chi connectivity index (χ2n) is 13.4. The Balaban J connectivity index is 0.000000257. The van der Waals surface area contributed by atoms with Crippen molar-refractivity contribution < 1.29 is 68.5 Å². The standard InChI is InChI=1S/C21H15ClF4N2O3.C21H15F4NO3.C2H2Cl2O2/c1-12-8-14(23)3-5-17(12)31-18-9-13(21(24,25)26)2-4-16(18)20(30)27-15-6-7-28(11-22)19(29)10-15;1-12-9-14(22)6-8-18(12)29-19-10-13(21(23,24)25)5-7-17(19)20(28)26-15-3-2-4-16(27)11-15;3-1-6-2(4)5/h2-10H,11H2,1H3,(H,27,30);2-3,5-11H,4H2,1H3,(H,26,28);1H2. The zero-order valence-electron chi connectivity index (χ0n) is 33.9. The van der Waals surface area contributed by atoms with E-state index < -0.39 is 57.9 Å². The fraction of sp³-hybridized carbons (Fsp3) is 0.159. The largest absolute Gasteiger partial charge is 0.456 e. The van der Waals surface area contributed by atoms with Crippen LogP contribution in [-0.2, 0) is 27.9 Å². The second-order valence-corrected chi connectivity index (χ2v) is 14.1. The second kappa shape index (κ2) is 23.0. The molecule has 0 unspecified atom stereocenters. The van der Waals surface area contributed by atoms with Gasteiger partial charge in [0.2, 0.25) is 0 Å². The lowest BCUT2D eigenvalue weighted by atomic mass is 10.1. The topological polar surface area (TPSA) is 142 Å². The SMILES string of the molecule is Cc1cc(F)ccc1Oc1cc(C(F)(F)F)ccc1C(=O)NC1=CC(=O)CC=C1.Cc1cc(F)ccc1Oc1cc(C(F)(F)F)ccc1C(=O)Nc1ccn(CCl)c(=O)c1.O=C(Cl)OCCl. The molecule has 2 N–H and O–H groups in total. The fourth-order valence-electron chi connectivity index (χ4n) is 5.42. The van der Waals surface area contributed by atoms with Crippen molar-refractivity contribution in [2.24, 2.45) is 0 Å². The van der Waals surface area contributed by atoms with Crippen molar-refractivity contribution in [2.45, 2.75) is 38.6 Å². The molecule has 66 heavy (non-hydrogen) atoms. The Morgan fingerprint density at radius 3 is 1.58 bits per heavy atom. The van der Waals surface area contributed by atoms with Gasteiger partial charge in [0.15, 0.2) is 11.8 Å². The van der Waals surface area contributed by atoms with E-state index in [0.29, 0.717) is 23.3 Å². The van der Waals surface area contributed by atoms with Crippen LogP contribution in [0.2, 0.25) is 0 Å². The molecule has 2 amide bonds. The summed E-state index contributed by atoms with van der Waals surface area (Å²) >= 11 is 15.1. The Kier molecular flexibility index (Phi) is 18.1. The number of hydrogen-bond acceptors (Lipinski definition) is 8. The molecular formula is C44H32Cl3F8N3O8. The third kappa shape index (κ3) is 15.2. The van der Waals surface area contributed by atoms with Crippen LogP contribution in [0.3, 0.4) is 0 Å². The predicted molar refractivity (Wildman–Crippen MR) is 227 cm³/mol. The predicted octanol–water partition coefficient (Wildman–Crippen LogP) is 12.2. The summed E-state index contributed by atoms with van der Waals surface area (Å²) in [7, 11) is 0. The summed E-state index contributed by atoms with van der Waals surface area (Å²) < 4.78 is 122. The Morgan fingerprint density at radius 1 is 0.682 bits per heavy atom. The summed E-state index contributed by atoms with van der Waals surface area (Å²) in [5, 5.41) is 4.91. The number of anilines is 1. The van der Waals surface area contributed by atoms with Crippen LogP contribution < -0.4 is 25.7 Å². The molecular weight excluding hydrogens is 957 g/mol. The van der Waals surface area contributed by atoms with E-state index in [0.717, 1.165) is 54.6 Å². The quantitative estimate of drug-likeness (QED) is 0.0800. The van der Waals surface area contributed by atoms with Crippen LogP contribution in [0.25, 0.3) is 0 Å². The molecule has 22 heteroatoms. The van der Waals surface area contributed by atoms with Crippen molar-refractivity contribution in [3.63, 3.8) is 0 Å². The Bertz CT molecular complexity index is 2740. The molecule has 1 heterocycles. The van der Waals surface area contributed by atoms with Gasteiger partial charge in [0.05, 0.1) is 22.3 Å². The number of halogens is 11. The van der Waals surface area contributed by atoms with E-state index in [1.54, 1.807) is 6.08 Å². The number of allylic oxidation sites excluding steroid dienone is 3. The van der Waals surface area contributed by atoms with Gasteiger partial charge >= 0.3 is 17.8 Å². The number of benzene rings is 4. The van der Waals surface area contributed by atoms with Gasteiger partial charge in [-0.1, -0.05) is 17.7 Å². The van der Waals surface area contributed by atoms with Crippen molar-refractivity contribution in [1.29, 1.82) is 0 Å². The zero-order valence-corrected chi connectivity index (χ0v) is 36.2. The highest BCUT2D eigenvalue weighted by molar-refractivity contribution is 6.61. The molecule has 1 aliphatic rings. The lowest BCUT2D eigenvalue weighted by Crippen LogP contribution is -2.24. The minimum absolute atomic E-state index is 0.0824. The third-order valence-electron chi connectivity index (χ3n) is 8.56. The minimum Gasteiger partial charge on any atom is -0.456 e. The average molecular weight is 989 g/mol. The summed E-state index contributed by atoms with van der Waals surface area (Å²) in [6.07, 6.45) is -3.44. The number of aromatic nitrogens is 1. The molecule has 0 saturated heterocycles. The number of nitrogens with one attached hydrogen (secondary N) is 2. The molecule has 0 spiro atoms. The number of rotatable bonds is 10. The van der Waals surface area contributed by atoms with Crippen LogP contribution >= 0.6 is 34.8 Å². The highest BCUT2D eigenvalue weighted by atomic mass is 35.5. The van der Waals surface area contributed by atoms with Crippen molar-refractivity contribution >= 4 is 63.5 Å². The van der Waals surface area contributed by atoms with E-state index in [-0.39, 0.29) is 69.8 Å². The highest BCUT2D eigenvalue weighted by Crippen LogP contribution is 2.38. The van der Waals surface area contributed by atoms with Gasteiger partial charge in [0.1, 0.15) is 40.6 Å². The molecule has 0 saturated carbocycles. The average Bonchev–Trinajstić information content (AvgIpc) is 3.22. The van der Waals surface area contributed by atoms with E-state index in [1.807, 2.05) is 0 Å². The number of nitrogens with zero attached hydrogens (tertiary/aromatic N) is 1. The molecule has 0 radical (unpaired) electrons. The first-order chi connectivity index (χ1) is 31.0. The summed E-state index contributed by atoms with van der Waals surface area (Å²) in [5.74, 6) is -3.38. The van der Waals surface area contributed by atoms with E-state index in [2.05, 4.69) is 27.0 Å². The van der Waals surface area contributed by atoms with Gasteiger partial charge in [-0.3, -0.25) is 19.2 Å². The van der Waals surface area contributed by atoms with Crippen LogP contribution in [0, 0.1) is 25.5 Å². The van der Waals surface area contributed by atoms with E-state index in [9.17, 15) is 59.1 Å². The molecule has 1 aromatic heterocycles. The number of hydrogen-bond donors (Lipinski definition) is 2. The fourth-order valence-corrected chi connectivity index (χ4v) is 5.82. The van der Waals surface area contributed by atoms with Crippen LogP contribution in [-0.4, -0.2) is 33.7 Å². The van der Waals surface area contributed by atoms with E-state index in [4.69, 9.17) is 32.7 Å². The first-order valence-electron chi connectivity index (χ1n) is 18.5. The van der Waals surface area contributed by atoms with Crippen LogP contribution in [0.15, 0.2) is 120 Å². The van der Waals surface area contributed by atoms with Gasteiger partial charge in [-0.15, -0.1) is 11.6 Å². The first kappa shape index (κ1) is 51.9. The molecule has 0 fully saturated rings. The molecule has 6 rings (SSSR count). The molecule has 1 aliphatic carbocycles. The molecule has 5 aromatic rings. The summed E-state index contributed by atoms with van der Waals surface area (Å²) in [6, 6.07) is 14.1. The Hall–Kier alpha value is -6.70. The van der Waals surface area contributed by atoms with Gasteiger partial charge in [0.25, 0.3) is 17.4 Å². The van der Waals surface area contributed by atoms with Gasteiger partial charge in [-0.25, -0.2) is 13.6 Å². The lowest BCUT2D eigenvalue weighted by molar-refractivity contribution is -0.138. The minimum atomic E-state index is -4.67. The highest BCUT2D eigenvalue weighted by Gasteiger charge is 2.33. The van der Waals surface area contributed by atoms with Crippen LogP contribution in [0.5, 0.6) is 23.0 Å². The monoisotopic (exact) mass is 987 g/mol. The van der Waals surface area contributed by atoms with Gasteiger partial charge in [0, 0.05) is 47.7 Å². The molecule has 0 aliphatic heterocycles. The zero-order chi connectivity index (χ0) is 48.9. The number of ether oxygens (including phenoxy) is 3. The van der Waals surface area contributed by atoms with Crippen molar-refractivity contribution in [1.82, 2.24) is 9.88 Å². The molecule has 0 bridgehead atoms. The normalized spacial score (nSPS) is 12.1. The van der Waals surface area contributed by atoms with Gasteiger partial charge < -0.3 is 29.4 Å². The van der Waals surface area contributed by atoms with Crippen LogP contribution in [0.1, 0.15) is 49.4 Å². The number of amides is 2. The summed E-state index contributed by atoms with van der Waals surface area (Å²) in [4.78, 5) is 58.2. The number of carbonyl (C=O) groups is 4. The van der Waals surface area contributed by atoms with Crippen molar-refractivity contribution in [2.75, 3.05) is 11.4 Å². The number of pyridine rings is 1. The first-order valence-corrected chi connectivity index (χ1v) is 19.9. The Morgan fingerprint density at radius 2 is 1.18 bits per heavy atom. The third-order valence-corrected chi connectivity index (χ3v) is 9.04. The number of alkyl halides is 8. The maximum absolute atomic E-state index is 13.3. The maximum Gasteiger partial charge on any atom is 0.416 e. The summed E-state index contributed by atoms with van der Waals surface area (Å²) in [5.41, 5.74) is -2.74. The molecule has 0 atom stereocenters. The molecule has 11 nitrogen and oxygen atoms in total. The maximum atomic E-state index is 13.3. The van der Waals surface area contributed by atoms with Crippen molar-refractivity contribution in [3.8, 4) is 23.0 Å². The summed E-state index contributed by atoms with van der Waals surface area (Å²) in [6.45, 7) is 3.03.